The highest BCUT2D eigenvalue weighted by molar-refractivity contribution is 7.90. The number of carbonyl (C=O) groups excluding carboxylic acids is 1. The molecular weight excluding hydrogens is 388 g/mol. The highest BCUT2D eigenvalue weighted by Crippen LogP contribution is 2.22. The third-order valence-corrected chi connectivity index (χ3v) is 5.69. The molecule has 2 N–H and O–H groups in total. The summed E-state index contributed by atoms with van der Waals surface area (Å²) in [5.74, 6) is 0.345. The minimum absolute atomic E-state index is 0.114. The molecule has 4 rings (SSSR count). The van der Waals surface area contributed by atoms with Gasteiger partial charge in [-0.15, -0.1) is 0 Å². The summed E-state index contributed by atoms with van der Waals surface area (Å²) in [4.78, 5) is 24.6. The Bertz CT molecular complexity index is 1290. The number of sulfone groups is 1. The number of rotatable bonds is 4. The average Bonchev–Trinajstić information content (AvgIpc) is 3.12. The summed E-state index contributed by atoms with van der Waals surface area (Å²) < 4.78 is 23.5. The second-order valence-electron chi connectivity index (χ2n) is 6.76. The molecule has 0 aliphatic heterocycles. The molecule has 2 aromatic heterocycles. The average molecular weight is 406 g/mol. The number of pyridine rings is 1. The molecule has 146 valence electrons. The largest absolute Gasteiger partial charge is 0.337 e. The zero-order valence-corrected chi connectivity index (χ0v) is 16.6. The third-order valence-electron chi connectivity index (χ3n) is 4.58. The lowest BCUT2D eigenvalue weighted by Gasteiger charge is -2.10. The van der Waals surface area contributed by atoms with Gasteiger partial charge in [0, 0.05) is 29.3 Å². The number of aryl methyl sites for hydroxylation is 1. The van der Waals surface area contributed by atoms with Crippen molar-refractivity contribution in [2.45, 2.75) is 11.8 Å². The first-order valence-electron chi connectivity index (χ1n) is 8.83. The smallest absolute Gasteiger partial charge is 0.255 e. The number of carbonyl (C=O) groups is 1. The molecule has 0 bridgehead atoms. The molecule has 0 spiro atoms. The number of nitrogens with zero attached hydrogens (tertiary/aromatic N) is 2. The Hall–Kier alpha value is -3.52. The van der Waals surface area contributed by atoms with Crippen LogP contribution in [0.2, 0.25) is 0 Å². The first kappa shape index (κ1) is 18.8. The molecule has 0 aliphatic rings. The second-order valence-corrected chi connectivity index (χ2v) is 8.77. The summed E-state index contributed by atoms with van der Waals surface area (Å²) >= 11 is 0. The monoisotopic (exact) mass is 406 g/mol. The Kier molecular flexibility index (Phi) is 4.63. The first-order chi connectivity index (χ1) is 13.8. The van der Waals surface area contributed by atoms with E-state index < -0.39 is 9.84 Å². The summed E-state index contributed by atoms with van der Waals surface area (Å²) in [5.41, 5.74) is 4.16. The topological polar surface area (TPSA) is 105 Å². The zero-order chi connectivity index (χ0) is 20.6. The van der Waals surface area contributed by atoms with Gasteiger partial charge in [-0.05, 0) is 55.0 Å². The Morgan fingerprint density at radius 1 is 1.07 bits per heavy atom. The van der Waals surface area contributed by atoms with E-state index in [1.165, 1.54) is 12.1 Å². The van der Waals surface area contributed by atoms with Crippen LogP contribution in [0.25, 0.3) is 22.4 Å². The number of imidazole rings is 1. The van der Waals surface area contributed by atoms with Gasteiger partial charge < -0.3 is 10.3 Å². The molecule has 8 heteroatoms. The lowest BCUT2D eigenvalue weighted by atomic mass is 10.1. The molecule has 2 aromatic carbocycles. The minimum Gasteiger partial charge on any atom is -0.337 e. The van der Waals surface area contributed by atoms with Crippen LogP contribution in [0.15, 0.2) is 65.8 Å². The number of hydrogen-bond donors (Lipinski definition) is 2. The van der Waals surface area contributed by atoms with Crippen molar-refractivity contribution in [3.05, 3.63) is 72.1 Å². The van der Waals surface area contributed by atoms with Gasteiger partial charge in [0.1, 0.15) is 5.82 Å². The molecule has 0 saturated carbocycles. The van der Waals surface area contributed by atoms with Crippen LogP contribution < -0.4 is 5.32 Å². The van der Waals surface area contributed by atoms with Crippen molar-refractivity contribution >= 4 is 32.5 Å². The maximum absolute atomic E-state index is 12.7. The predicted octanol–water partition coefficient (Wildman–Crippen LogP) is 3.59. The Morgan fingerprint density at radius 3 is 2.52 bits per heavy atom. The molecule has 0 unspecified atom stereocenters. The van der Waals surface area contributed by atoms with Gasteiger partial charge in [0.2, 0.25) is 0 Å². The van der Waals surface area contributed by atoms with E-state index in [9.17, 15) is 13.2 Å². The zero-order valence-electron chi connectivity index (χ0n) is 15.8. The molecule has 29 heavy (non-hydrogen) atoms. The maximum Gasteiger partial charge on any atom is 0.255 e. The second kappa shape index (κ2) is 7.14. The van der Waals surface area contributed by atoms with Gasteiger partial charge in [0.15, 0.2) is 9.84 Å². The van der Waals surface area contributed by atoms with E-state index in [0.29, 0.717) is 22.6 Å². The SMILES string of the molecule is Cc1ccc(S(C)(=O)=O)cc1C(=O)Nc1ccc(-c2nc3ccncc3[nH]2)cc1. The Balaban J connectivity index is 1.57. The van der Waals surface area contributed by atoms with Gasteiger partial charge in [0.25, 0.3) is 5.91 Å². The summed E-state index contributed by atoms with van der Waals surface area (Å²) in [7, 11) is -3.39. The van der Waals surface area contributed by atoms with Gasteiger partial charge in [-0.25, -0.2) is 13.4 Å². The lowest BCUT2D eigenvalue weighted by Crippen LogP contribution is -2.14. The minimum atomic E-state index is -3.39. The van der Waals surface area contributed by atoms with Gasteiger partial charge in [0.05, 0.1) is 22.1 Å². The molecule has 0 atom stereocenters. The molecule has 0 fully saturated rings. The number of aromatic amines is 1. The molecular formula is C21H18N4O3S. The number of nitrogens with one attached hydrogen (secondary N) is 2. The Labute approximate surface area is 167 Å². The van der Waals surface area contributed by atoms with Crippen LogP contribution in [-0.4, -0.2) is 35.5 Å². The normalized spacial score (nSPS) is 11.5. The first-order valence-corrected chi connectivity index (χ1v) is 10.7. The maximum atomic E-state index is 12.7. The number of hydrogen-bond acceptors (Lipinski definition) is 5. The highest BCUT2D eigenvalue weighted by atomic mass is 32.2. The molecule has 7 nitrogen and oxygen atoms in total. The van der Waals surface area contributed by atoms with Crippen LogP contribution in [0.1, 0.15) is 15.9 Å². The highest BCUT2D eigenvalue weighted by Gasteiger charge is 2.15. The van der Waals surface area contributed by atoms with E-state index in [2.05, 4.69) is 20.3 Å². The number of amides is 1. The van der Waals surface area contributed by atoms with Gasteiger partial charge >= 0.3 is 0 Å². The molecule has 0 aliphatic carbocycles. The van der Waals surface area contributed by atoms with Crippen LogP contribution in [0.4, 0.5) is 5.69 Å². The van der Waals surface area contributed by atoms with Crippen LogP contribution in [0.5, 0.6) is 0 Å². The van der Waals surface area contributed by atoms with Gasteiger partial charge in [-0.1, -0.05) is 6.07 Å². The number of aromatic nitrogens is 3. The van der Waals surface area contributed by atoms with Crippen molar-refractivity contribution in [1.82, 2.24) is 15.0 Å². The number of anilines is 1. The van der Waals surface area contributed by atoms with E-state index in [4.69, 9.17) is 0 Å². The third kappa shape index (κ3) is 3.88. The number of H-pyrrole nitrogens is 1. The van der Waals surface area contributed by atoms with Crippen molar-refractivity contribution in [1.29, 1.82) is 0 Å². The van der Waals surface area contributed by atoms with E-state index in [1.54, 1.807) is 37.5 Å². The Morgan fingerprint density at radius 2 is 1.83 bits per heavy atom. The van der Waals surface area contributed by atoms with Crippen LogP contribution in [-0.2, 0) is 9.84 Å². The predicted molar refractivity (Wildman–Crippen MR) is 112 cm³/mol. The summed E-state index contributed by atoms with van der Waals surface area (Å²) in [5, 5.41) is 2.81. The van der Waals surface area contributed by atoms with Crippen molar-refractivity contribution in [2.75, 3.05) is 11.6 Å². The van der Waals surface area contributed by atoms with Gasteiger partial charge in [-0.2, -0.15) is 0 Å². The fourth-order valence-electron chi connectivity index (χ4n) is 2.98. The van der Waals surface area contributed by atoms with Crippen molar-refractivity contribution in [3.63, 3.8) is 0 Å². The number of benzene rings is 2. The summed E-state index contributed by atoms with van der Waals surface area (Å²) in [6, 6.07) is 13.6. The fraction of sp³-hybridized carbons (Fsp3) is 0.0952. The molecule has 4 aromatic rings. The molecule has 0 saturated heterocycles. The van der Waals surface area contributed by atoms with Gasteiger partial charge in [-0.3, -0.25) is 9.78 Å². The molecule has 1 amide bonds. The molecule has 0 radical (unpaired) electrons. The summed E-state index contributed by atoms with van der Waals surface area (Å²) in [6.07, 6.45) is 4.52. The summed E-state index contributed by atoms with van der Waals surface area (Å²) in [6.45, 7) is 1.76. The van der Waals surface area contributed by atoms with Crippen molar-refractivity contribution in [3.8, 4) is 11.4 Å². The van der Waals surface area contributed by atoms with Crippen molar-refractivity contribution < 1.29 is 13.2 Å². The van der Waals surface area contributed by atoms with E-state index in [1.807, 2.05) is 18.2 Å². The number of fused-ring (bicyclic) bond motifs is 1. The molecule has 2 heterocycles. The van der Waals surface area contributed by atoms with Crippen LogP contribution in [0.3, 0.4) is 0 Å². The lowest BCUT2D eigenvalue weighted by molar-refractivity contribution is 0.102. The quantitative estimate of drug-likeness (QED) is 0.539. The van der Waals surface area contributed by atoms with Crippen LogP contribution >= 0.6 is 0 Å². The van der Waals surface area contributed by atoms with E-state index in [-0.39, 0.29) is 10.8 Å². The van der Waals surface area contributed by atoms with E-state index in [0.717, 1.165) is 22.9 Å². The van der Waals surface area contributed by atoms with Crippen molar-refractivity contribution in [2.24, 2.45) is 0 Å². The standard InChI is InChI=1S/C21H18N4O3S/c1-13-3-8-16(29(2,27)28)11-17(13)21(26)23-15-6-4-14(5-7-15)20-24-18-9-10-22-12-19(18)25-20/h3-12H,1-2H3,(H,23,26)(H,24,25). The fourth-order valence-corrected chi connectivity index (χ4v) is 3.63. The van der Waals surface area contributed by atoms with E-state index >= 15 is 0 Å². The van der Waals surface area contributed by atoms with Crippen LogP contribution in [0, 0.1) is 6.92 Å².